The van der Waals surface area contributed by atoms with E-state index in [1.165, 1.54) is 154 Å². The van der Waals surface area contributed by atoms with Crippen LogP contribution in [0.3, 0.4) is 0 Å². The van der Waals surface area contributed by atoms with Crippen molar-refractivity contribution >= 4 is 23.5 Å². The standard InChI is InChI=1S/C75H136O7/c1-5-9-13-17-21-25-29-33-37-41-45-49-53-57-61-65-70(77)75(71(78)66-62-58-54-50-46-42-38-34-30-26-22-18-14-10-6-2,82-74(80)68-64-60-56-52-48-44-40-36-32-28-24-20-16-12-8-4)72(69-76)81-73(79)67-63-59-55-51-47-43-39-35-31-27-23-19-15-11-7-3/h33-40,72,76H,5-32,41-69H2,1-4H3/b37-33-,38-34-,39-35-,40-36-/t72-/m0/s1. The summed E-state index contributed by atoms with van der Waals surface area (Å²) in [5, 5.41) is 11.1. The minimum atomic E-state index is -2.37. The fraction of sp³-hybridized carbons (Fsp3) is 0.840. The predicted molar refractivity (Wildman–Crippen MR) is 354 cm³/mol. The zero-order valence-electron chi connectivity index (χ0n) is 54.9. The molecule has 0 aliphatic carbocycles. The van der Waals surface area contributed by atoms with Gasteiger partial charge in [0, 0.05) is 25.7 Å². The van der Waals surface area contributed by atoms with Gasteiger partial charge in [-0.25, -0.2) is 0 Å². The van der Waals surface area contributed by atoms with Crippen LogP contribution in [0.5, 0.6) is 0 Å². The molecule has 0 radical (unpaired) electrons. The van der Waals surface area contributed by atoms with E-state index in [4.69, 9.17) is 9.47 Å². The van der Waals surface area contributed by atoms with Crippen molar-refractivity contribution in [2.45, 2.75) is 399 Å². The van der Waals surface area contributed by atoms with Gasteiger partial charge < -0.3 is 14.6 Å². The molecular weight excluding hydrogens is 1010 g/mol. The lowest BCUT2D eigenvalue weighted by molar-refractivity contribution is -0.196. The van der Waals surface area contributed by atoms with Crippen LogP contribution in [-0.2, 0) is 28.7 Å². The largest absolute Gasteiger partial charge is 0.455 e. The highest BCUT2D eigenvalue weighted by molar-refractivity contribution is 6.12. The van der Waals surface area contributed by atoms with Crippen LogP contribution in [0.2, 0.25) is 0 Å². The lowest BCUT2D eigenvalue weighted by atomic mass is 9.82. The Morgan fingerprint density at radius 3 is 0.744 bits per heavy atom. The number of hydrogen-bond acceptors (Lipinski definition) is 7. The van der Waals surface area contributed by atoms with E-state index in [1.807, 2.05) is 0 Å². The molecule has 82 heavy (non-hydrogen) atoms. The van der Waals surface area contributed by atoms with Gasteiger partial charge >= 0.3 is 11.9 Å². The number of carbonyl (C=O) groups excluding carboxylic acids is 4. The highest BCUT2D eigenvalue weighted by atomic mass is 16.6. The summed E-state index contributed by atoms with van der Waals surface area (Å²) in [4.78, 5) is 57.3. The summed E-state index contributed by atoms with van der Waals surface area (Å²) in [5.41, 5.74) is -2.37. The number of aliphatic hydroxyl groups excluding tert-OH is 1. The van der Waals surface area contributed by atoms with E-state index in [1.54, 1.807) is 0 Å². The number of ether oxygens (including phenoxy) is 2. The number of Topliss-reactive ketones (excluding diaryl/α,β-unsaturated/α-hetero) is 2. The third-order valence-corrected chi connectivity index (χ3v) is 16.6. The number of allylic oxidation sites excluding steroid dienone is 8. The molecule has 1 N–H and O–H groups in total. The van der Waals surface area contributed by atoms with Crippen molar-refractivity contribution in [3.63, 3.8) is 0 Å². The first-order valence-corrected chi connectivity index (χ1v) is 36.0. The summed E-state index contributed by atoms with van der Waals surface area (Å²) in [6.07, 6.45) is 75.7. The van der Waals surface area contributed by atoms with Gasteiger partial charge in [0.1, 0.15) is 0 Å². The normalized spacial score (nSPS) is 12.5. The third-order valence-electron chi connectivity index (χ3n) is 16.6. The highest BCUT2D eigenvalue weighted by Crippen LogP contribution is 2.30. The van der Waals surface area contributed by atoms with Crippen molar-refractivity contribution in [1.29, 1.82) is 0 Å². The monoisotopic (exact) mass is 1150 g/mol. The van der Waals surface area contributed by atoms with Crippen LogP contribution in [0.1, 0.15) is 387 Å². The number of ketones is 2. The number of carbonyl (C=O) groups is 4. The van der Waals surface area contributed by atoms with E-state index in [2.05, 4.69) is 76.3 Å². The number of hydrogen-bond donors (Lipinski definition) is 1. The minimum Gasteiger partial charge on any atom is -0.455 e. The molecule has 0 rings (SSSR count). The van der Waals surface area contributed by atoms with Gasteiger partial charge in [-0.05, 0) is 128 Å². The van der Waals surface area contributed by atoms with Crippen molar-refractivity contribution in [2.75, 3.05) is 6.61 Å². The first kappa shape index (κ1) is 79.2. The van der Waals surface area contributed by atoms with Gasteiger partial charge in [0.05, 0.1) is 6.61 Å². The quantitative estimate of drug-likeness (QED) is 0.0280. The highest BCUT2D eigenvalue weighted by Gasteiger charge is 2.56. The van der Waals surface area contributed by atoms with E-state index in [9.17, 15) is 24.3 Å². The summed E-state index contributed by atoms with van der Waals surface area (Å²) in [7, 11) is 0. The molecule has 7 heteroatoms. The molecular formula is C75H136O7. The van der Waals surface area contributed by atoms with E-state index in [0.717, 1.165) is 154 Å². The van der Waals surface area contributed by atoms with Crippen molar-refractivity contribution in [3.05, 3.63) is 48.6 Å². The van der Waals surface area contributed by atoms with Crippen molar-refractivity contribution in [1.82, 2.24) is 0 Å². The van der Waals surface area contributed by atoms with Crippen LogP contribution in [0.25, 0.3) is 0 Å². The molecule has 0 aromatic carbocycles. The van der Waals surface area contributed by atoms with E-state index < -0.39 is 41.8 Å². The van der Waals surface area contributed by atoms with E-state index in [0.29, 0.717) is 25.7 Å². The molecule has 0 aliphatic rings. The van der Waals surface area contributed by atoms with E-state index in [-0.39, 0.29) is 25.7 Å². The molecule has 0 fully saturated rings. The molecule has 0 spiro atoms. The number of unbranched alkanes of at least 4 members (excludes halogenated alkanes) is 44. The fourth-order valence-corrected chi connectivity index (χ4v) is 11.2. The zero-order chi connectivity index (χ0) is 59.8. The van der Waals surface area contributed by atoms with Crippen LogP contribution in [0.15, 0.2) is 48.6 Å². The average Bonchev–Trinajstić information content (AvgIpc) is 3.63. The smallest absolute Gasteiger partial charge is 0.307 e. The molecule has 0 saturated heterocycles. The number of aliphatic hydroxyl groups is 1. The van der Waals surface area contributed by atoms with Crippen molar-refractivity contribution in [3.8, 4) is 0 Å². The molecule has 7 nitrogen and oxygen atoms in total. The Balaban J connectivity index is 5.82. The molecule has 478 valence electrons. The van der Waals surface area contributed by atoms with Crippen molar-refractivity contribution < 1.29 is 33.8 Å². The topological polar surface area (TPSA) is 107 Å². The molecule has 0 saturated carbocycles. The molecule has 0 aromatic rings. The summed E-state index contributed by atoms with van der Waals surface area (Å²) in [5.74, 6) is -2.31. The third kappa shape index (κ3) is 50.5. The maximum absolute atomic E-state index is 14.8. The van der Waals surface area contributed by atoms with Crippen LogP contribution in [0.4, 0.5) is 0 Å². The zero-order valence-corrected chi connectivity index (χ0v) is 54.9. The minimum absolute atomic E-state index is 0.0131. The van der Waals surface area contributed by atoms with Crippen LogP contribution < -0.4 is 0 Å². The summed E-state index contributed by atoms with van der Waals surface area (Å²) in [6, 6.07) is 0. The van der Waals surface area contributed by atoms with Gasteiger partial charge in [-0.1, -0.05) is 282 Å². The van der Waals surface area contributed by atoms with Crippen LogP contribution >= 0.6 is 0 Å². The van der Waals surface area contributed by atoms with Gasteiger partial charge in [0.15, 0.2) is 17.7 Å². The summed E-state index contributed by atoms with van der Waals surface area (Å²) >= 11 is 0. The second-order valence-corrected chi connectivity index (χ2v) is 24.6. The Labute approximate surface area is 509 Å². The number of rotatable bonds is 66. The maximum atomic E-state index is 14.8. The lowest BCUT2D eigenvalue weighted by Gasteiger charge is -2.36. The Bertz CT molecular complexity index is 1470. The SMILES string of the molecule is CCCCCCCC/C=C\CCCCCCCC(=O)O[C@@H](CO)C(OC(=O)CCCCCCC/C=C\CCCCCCCC)(C(=O)CCCCCCC/C=C\CCCCCCCC)C(=O)CCCCCCC/C=C\CCCCCCCC. The molecule has 0 aliphatic heterocycles. The molecule has 0 bridgehead atoms. The first-order chi connectivity index (χ1) is 40.3. The van der Waals surface area contributed by atoms with Gasteiger partial charge in [0.25, 0.3) is 5.60 Å². The van der Waals surface area contributed by atoms with Crippen LogP contribution in [0, 0.1) is 0 Å². The molecule has 0 unspecified atom stereocenters. The average molecular weight is 1150 g/mol. The Kier molecular flexibility index (Phi) is 62.0. The molecule has 0 heterocycles. The van der Waals surface area contributed by atoms with Gasteiger partial charge in [0.2, 0.25) is 0 Å². The van der Waals surface area contributed by atoms with E-state index >= 15 is 0 Å². The van der Waals surface area contributed by atoms with Crippen LogP contribution in [-0.4, -0.2) is 46.9 Å². The molecule has 1 atom stereocenters. The van der Waals surface area contributed by atoms with Crippen molar-refractivity contribution in [2.24, 2.45) is 0 Å². The second-order valence-electron chi connectivity index (χ2n) is 24.6. The number of esters is 2. The van der Waals surface area contributed by atoms with Gasteiger partial charge in [-0.3, -0.25) is 19.2 Å². The Morgan fingerprint density at radius 1 is 0.293 bits per heavy atom. The fourth-order valence-electron chi connectivity index (χ4n) is 11.2. The predicted octanol–water partition coefficient (Wildman–Crippen LogP) is 23.5. The lowest BCUT2D eigenvalue weighted by Crippen LogP contribution is -2.61. The molecule has 0 amide bonds. The molecule has 0 aromatic heterocycles. The summed E-state index contributed by atoms with van der Waals surface area (Å²) in [6.45, 7) is 8.25. The Morgan fingerprint density at radius 2 is 0.500 bits per heavy atom. The maximum Gasteiger partial charge on any atom is 0.307 e. The Hall–Kier alpha value is -2.80. The van der Waals surface area contributed by atoms with Gasteiger partial charge in [-0.15, -0.1) is 0 Å². The second kappa shape index (κ2) is 64.2. The van der Waals surface area contributed by atoms with Gasteiger partial charge in [-0.2, -0.15) is 0 Å². The first-order valence-electron chi connectivity index (χ1n) is 36.0. The summed E-state index contributed by atoms with van der Waals surface area (Å²) < 4.78 is 12.2.